The van der Waals surface area contributed by atoms with Crippen molar-refractivity contribution in [1.82, 2.24) is 15.4 Å². The number of hydrogen-bond acceptors (Lipinski definition) is 6. The van der Waals surface area contributed by atoms with Crippen LogP contribution in [-0.2, 0) is 4.79 Å². The van der Waals surface area contributed by atoms with Crippen LogP contribution in [0.4, 0.5) is 0 Å². The normalized spacial score (nSPS) is 36.2. The van der Waals surface area contributed by atoms with Crippen molar-refractivity contribution >= 4 is 28.7 Å². The second-order valence-corrected chi connectivity index (χ2v) is 10.8. The third kappa shape index (κ3) is 3.71. The highest BCUT2D eigenvalue weighted by Crippen LogP contribution is 2.47. The second kappa shape index (κ2) is 7.45. The van der Waals surface area contributed by atoms with Crippen LogP contribution in [0.2, 0.25) is 0 Å². The number of nitrogens with one attached hydrogen (secondary N) is 1. The molecule has 4 atom stereocenters. The Morgan fingerprint density at radius 3 is 2.83 bits per heavy atom. The summed E-state index contributed by atoms with van der Waals surface area (Å²) in [5.41, 5.74) is 0. The molecule has 2 amide bonds. The fourth-order valence-corrected chi connectivity index (χ4v) is 6.82. The van der Waals surface area contributed by atoms with E-state index in [1.807, 2.05) is 11.8 Å². The summed E-state index contributed by atoms with van der Waals surface area (Å²) in [5.74, 6) is 2.29. The number of amidine groups is 1. The van der Waals surface area contributed by atoms with E-state index in [-0.39, 0.29) is 11.8 Å². The lowest BCUT2D eigenvalue weighted by atomic mass is 9.87. The molecule has 2 aliphatic heterocycles. The maximum Gasteiger partial charge on any atom is 0.292 e. The first-order valence-corrected chi connectivity index (χ1v) is 11.6. The van der Waals surface area contributed by atoms with Gasteiger partial charge in [0.25, 0.3) is 5.91 Å². The van der Waals surface area contributed by atoms with Gasteiger partial charge >= 0.3 is 0 Å². The van der Waals surface area contributed by atoms with Gasteiger partial charge in [-0.15, -0.1) is 0 Å². The molecule has 7 nitrogen and oxygen atoms in total. The van der Waals surface area contributed by atoms with Crippen molar-refractivity contribution in [3.05, 3.63) is 18.0 Å². The zero-order valence-electron chi connectivity index (χ0n) is 16.8. The van der Waals surface area contributed by atoms with E-state index >= 15 is 0 Å². The van der Waals surface area contributed by atoms with Crippen molar-refractivity contribution in [2.75, 3.05) is 13.1 Å². The summed E-state index contributed by atoms with van der Waals surface area (Å²) in [6, 6.07) is 2.01. The molecule has 29 heavy (non-hydrogen) atoms. The maximum absolute atomic E-state index is 12.7. The average molecular weight is 417 g/mol. The lowest BCUT2D eigenvalue weighted by Crippen LogP contribution is -2.41. The number of nitrogens with zero attached hydrogens (tertiary/aromatic N) is 3. The number of rotatable bonds is 4. The molecule has 4 fully saturated rings. The molecule has 1 aromatic heterocycles. The van der Waals surface area contributed by atoms with Crippen molar-refractivity contribution in [3.63, 3.8) is 0 Å². The van der Waals surface area contributed by atoms with E-state index in [1.165, 1.54) is 31.9 Å². The first kappa shape index (κ1) is 19.2. The molecule has 2 saturated heterocycles. The van der Waals surface area contributed by atoms with Crippen molar-refractivity contribution in [2.24, 2.45) is 22.7 Å². The van der Waals surface area contributed by atoms with Gasteiger partial charge in [-0.2, -0.15) is 0 Å². The minimum absolute atomic E-state index is 0.0876. The van der Waals surface area contributed by atoms with Crippen LogP contribution in [0.1, 0.15) is 62.4 Å². The first-order valence-electron chi connectivity index (χ1n) is 10.8. The fraction of sp³-hybridized carbons (Fsp3) is 0.714. The third-order valence-electron chi connectivity index (χ3n) is 7.24. The summed E-state index contributed by atoms with van der Waals surface area (Å²) in [6.07, 6.45) is 9.30. The van der Waals surface area contributed by atoms with Crippen LogP contribution in [-0.4, -0.2) is 50.9 Å². The first-order chi connectivity index (χ1) is 14.0. The smallest absolute Gasteiger partial charge is 0.292 e. The largest absolute Gasteiger partial charge is 0.351 e. The number of carbonyl (C=O) groups excluding carboxylic acids is 2. The number of fused-ring (bicyclic) bond motifs is 2. The summed E-state index contributed by atoms with van der Waals surface area (Å²) in [5, 5.41) is 7.50. The number of amides is 2. The van der Waals surface area contributed by atoms with Crippen LogP contribution in [0.3, 0.4) is 0 Å². The fourth-order valence-electron chi connectivity index (χ4n) is 5.60. The van der Waals surface area contributed by atoms with E-state index in [0.29, 0.717) is 30.8 Å². The number of likely N-dealkylation sites (tertiary alicyclic amines) is 1. The molecule has 1 N–H and O–H groups in total. The molecule has 156 valence electrons. The SMILES string of the molecule is CC1(CC2CCN(C(=O)c3ccno3)CC2)SC(=N[C@H]2C[C@@H]3CCC2C3)NC1=O. The van der Waals surface area contributed by atoms with Crippen molar-refractivity contribution in [1.29, 1.82) is 0 Å². The highest BCUT2D eigenvalue weighted by Gasteiger charge is 2.46. The monoisotopic (exact) mass is 416 g/mol. The molecule has 0 aromatic carbocycles. The van der Waals surface area contributed by atoms with Gasteiger partial charge in [0.1, 0.15) is 0 Å². The Balaban J connectivity index is 1.16. The molecule has 0 radical (unpaired) electrons. The van der Waals surface area contributed by atoms with Gasteiger partial charge in [0, 0.05) is 19.2 Å². The van der Waals surface area contributed by atoms with Crippen molar-refractivity contribution < 1.29 is 14.1 Å². The molecule has 0 spiro atoms. The van der Waals surface area contributed by atoms with E-state index in [2.05, 4.69) is 10.5 Å². The van der Waals surface area contributed by atoms with Crippen LogP contribution in [0, 0.1) is 17.8 Å². The van der Waals surface area contributed by atoms with Gasteiger partial charge in [-0.05, 0) is 63.2 Å². The molecule has 2 aliphatic carbocycles. The highest BCUT2D eigenvalue weighted by atomic mass is 32.2. The summed E-state index contributed by atoms with van der Waals surface area (Å²) in [4.78, 5) is 31.9. The lowest BCUT2D eigenvalue weighted by molar-refractivity contribution is -0.121. The zero-order chi connectivity index (χ0) is 20.0. The molecule has 3 heterocycles. The minimum atomic E-state index is -0.460. The van der Waals surface area contributed by atoms with Gasteiger partial charge in [0.2, 0.25) is 11.7 Å². The van der Waals surface area contributed by atoms with E-state index in [9.17, 15) is 9.59 Å². The van der Waals surface area contributed by atoms with Crippen LogP contribution < -0.4 is 5.32 Å². The van der Waals surface area contributed by atoms with E-state index in [0.717, 1.165) is 36.3 Å². The highest BCUT2D eigenvalue weighted by molar-refractivity contribution is 8.16. The number of aromatic nitrogens is 1. The predicted octanol–water partition coefficient (Wildman–Crippen LogP) is 3.08. The Kier molecular flexibility index (Phi) is 4.92. The Labute approximate surface area is 175 Å². The average Bonchev–Trinajstić information content (AvgIpc) is 3.48. The topological polar surface area (TPSA) is 87.8 Å². The number of thioether (sulfide) groups is 1. The van der Waals surface area contributed by atoms with Gasteiger partial charge in [0.05, 0.1) is 17.0 Å². The van der Waals surface area contributed by atoms with Crippen LogP contribution in [0.15, 0.2) is 21.8 Å². The van der Waals surface area contributed by atoms with E-state index in [1.54, 1.807) is 17.8 Å². The summed E-state index contributed by atoms with van der Waals surface area (Å²) >= 11 is 1.62. The van der Waals surface area contributed by atoms with Gasteiger partial charge in [-0.25, -0.2) is 0 Å². The lowest BCUT2D eigenvalue weighted by Gasteiger charge is -2.34. The summed E-state index contributed by atoms with van der Waals surface area (Å²) in [6.45, 7) is 3.43. The van der Waals surface area contributed by atoms with E-state index < -0.39 is 4.75 Å². The quantitative estimate of drug-likeness (QED) is 0.815. The summed E-state index contributed by atoms with van der Waals surface area (Å²) in [7, 11) is 0. The number of hydrogen-bond donors (Lipinski definition) is 1. The number of piperidine rings is 1. The molecule has 2 saturated carbocycles. The second-order valence-electron chi connectivity index (χ2n) is 9.28. The van der Waals surface area contributed by atoms with Gasteiger partial charge < -0.3 is 14.7 Å². The third-order valence-corrected chi connectivity index (χ3v) is 8.44. The molecule has 1 aromatic rings. The molecule has 2 unspecified atom stereocenters. The standard InChI is InChI=1S/C21H28N4O3S/c1-21(12-13-5-8-25(9-6-13)18(26)17-4-7-22-28-17)19(27)24-20(29-21)23-16-11-14-2-3-15(16)10-14/h4,7,13-16H,2-3,5-6,8-12H2,1H3,(H,23,24,27)/t14-,15?,16+,21?/m1/s1. The van der Waals surface area contributed by atoms with Gasteiger partial charge in [-0.3, -0.25) is 14.6 Å². The maximum atomic E-state index is 12.7. The Morgan fingerprint density at radius 2 is 2.17 bits per heavy atom. The van der Waals surface area contributed by atoms with Gasteiger partial charge in [-0.1, -0.05) is 23.3 Å². The minimum Gasteiger partial charge on any atom is -0.351 e. The summed E-state index contributed by atoms with van der Waals surface area (Å²) < 4.78 is 4.53. The van der Waals surface area contributed by atoms with Crippen molar-refractivity contribution in [2.45, 2.75) is 62.7 Å². The Morgan fingerprint density at radius 1 is 1.34 bits per heavy atom. The molecular weight excluding hydrogens is 388 g/mol. The Hall–Kier alpha value is -1.83. The number of carbonyl (C=O) groups is 2. The zero-order valence-corrected chi connectivity index (χ0v) is 17.6. The van der Waals surface area contributed by atoms with Crippen molar-refractivity contribution in [3.8, 4) is 0 Å². The molecule has 5 rings (SSSR count). The molecule has 2 bridgehead atoms. The van der Waals surface area contributed by atoms with Crippen LogP contribution in [0.5, 0.6) is 0 Å². The van der Waals surface area contributed by atoms with E-state index in [4.69, 9.17) is 9.52 Å². The van der Waals surface area contributed by atoms with Gasteiger partial charge in [0.15, 0.2) is 5.17 Å². The molecule has 4 aliphatic rings. The number of aliphatic imine (C=N–C) groups is 1. The molecular formula is C21H28N4O3S. The molecule has 8 heteroatoms. The van der Waals surface area contributed by atoms with Crippen LogP contribution >= 0.6 is 11.8 Å². The predicted molar refractivity (Wildman–Crippen MR) is 111 cm³/mol. The van der Waals surface area contributed by atoms with Crippen LogP contribution in [0.25, 0.3) is 0 Å². The Bertz CT molecular complexity index is 818.